The second-order valence-corrected chi connectivity index (χ2v) is 10.5. The molecule has 8 nitrogen and oxygen atoms in total. The van der Waals surface area contributed by atoms with Crippen LogP contribution in [0.25, 0.3) is 33.3 Å². The van der Waals surface area contributed by atoms with E-state index in [9.17, 15) is 4.79 Å². The predicted octanol–water partition coefficient (Wildman–Crippen LogP) is 8.05. The number of pyridine rings is 1. The fourth-order valence-electron chi connectivity index (χ4n) is 4.91. The van der Waals surface area contributed by atoms with Gasteiger partial charge in [0.2, 0.25) is 11.8 Å². The Labute approximate surface area is 254 Å². The lowest BCUT2D eigenvalue weighted by Gasteiger charge is -2.12. The lowest BCUT2D eigenvalue weighted by atomic mass is 10.1. The highest BCUT2D eigenvalue weighted by Crippen LogP contribution is 2.32. The number of hydrogen-bond donors (Lipinski definition) is 2. The van der Waals surface area contributed by atoms with E-state index in [0.717, 1.165) is 44.5 Å². The third-order valence-corrected chi connectivity index (χ3v) is 7.35. The van der Waals surface area contributed by atoms with Crippen molar-refractivity contribution in [2.45, 2.75) is 13.8 Å². The monoisotopic (exact) mass is 588 g/mol. The van der Waals surface area contributed by atoms with Gasteiger partial charge in [0.25, 0.3) is 5.91 Å². The van der Waals surface area contributed by atoms with Crippen molar-refractivity contribution in [3.63, 3.8) is 0 Å². The maximum absolute atomic E-state index is 13.3. The zero-order valence-electron chi connectivity index (χ0n) is 23.9. The standard InChI is InChI=1S/C34H29ClN6O2/c1-4-43-32-13-10-24(19-37-32)28-20-41(3)31-18-26(11-12-27(28)31)38-33(42)23-9-8-21(2)30(17-23)40-34-36-15-14-29(39-34)22-6-5-7-25(35)16-22/h5-20H,4H2,1-3H3,(H,38,42)(H,36,39,40). The molecule has 0 spiro atoms. The summed E-state index contributed by atoms with van der Waals surface area (Å²) in [5.41, 5.74) is 7.57. The molecule has 1 amide bonds. The molecule has 0 bridgehead atoms. The van der Waals surface area contributed by atoms with Crippen LogP contribution in [0.3, 0.4) is 0 Å². The van der Waals surface area contributed by atoms with Crippen LogP contribution in [0.4, 0.5) is 17.3 Å². The minimum atomic E-state index is -0.221. The van der Waals surface area contributed by atoms with E-state index < -0.39 is 0 Å². The Morgan fingerprint density at radius 2 is 1.86 bits per heavy atom. The summed E-state index contributed by atoms with van der Waals surface area (Å²) in [4.78, 5) is 26.7. The van der Waals surface area contributed by atoms with E-state index in [0.29, 0.717) is 34.7 Å². The van der Waals surface area contributed by atoms with Gasteiger partial charge in [-0.2, -0.15) is 0 Å². The Bertz CT molecular complexity index is 1950. The third-order valence-electron chi connectivity index (χ3n) is 7.11. The molecular formula is C34H29ClN6O2. The van der Waals surface area contributed by atoms with Crippen molar-refractivity contribution in [2.24, 2.45) is 7.05 Å². The number of ether oxygens (including phenoxy) is 1. The highest BCUT2D eigenvalue weighted by atomic mass is 35.5. The Kier molecular flexibility index (Phi) is 7.77. The van der Waals surface area contributed by atoms with Crippen molar-refractivity contribution < 1.29 is 9.53 Å². The van der Waals surface area contributed by atoms with Gasteiger partial charge < -0.3 is 19.9 Å². The number of aromatic nitrogens is 4. The number of benzene rings is 3. The number of halogens is 1. The van der Waals surface area contributed by atoms with Crippen LogP contribution < -0.4 is 15.4 Å². The SMILES string of the molecule is CCOc1ccc(-c2cn(C)c3cc(NC(=O)c4ccc(C)c(Nc5nccc(-c6cccc(Cl)c6)n5)c4)ccc23)cn1. The van der Waals surface area contributed by atoms with E-state index in [1.165, 1.54) is 0 Å². The largest absolute Gasteiger partial charge is 0.478 e. The molecule has 43 heavy (non-hydrogen) atoms. The van der Waals surface area contributed by atoms with Gasteiger partial charge in [0, 0.05) is 75.7 Å². The van der Waals surface area contributed by atoms with E-state index in [-0.39, 0.29) is 5.91 Å². The topological polar surface area (TPSA) is 94.0 Å². The number of aryl methyl sites for hydroxylation is 2. The maximum atomic E-state index is 13.3. The van der Waals surface area contributed by atoms with Gasteiger partial charge in [-0.3, -0.25) is 4.79 Å². The number of hydrogen-bond acceptors (Lipinski definition) is 6. The van der Waals surface area contributed by atoms with Crippen LogP contribution in [0.15, 0.2) is 97.5 Å². The van der Waals surface area contributed by atoms with Crippen molar-refractivity contribution in [3.8, 4) is 28.3 Å². The number of nitrogens with zero attached hydrogens (tertiary/aromatic N) is 4. The highest BCUT2D eigenvalue weighted by Gasteiger charge is 2.14. The molecule has 0 radical (unpaired) electrons. The first-order valence-electron chi connectivity index (χ1n) is 13.8. The third kappa shape index (κ3) is 6.05. The van der Waals surface area contributed by atoms with E-state index in [2.05, 4.69) is 31.8 Å². The van der Waals surface area contributed by atoms with Crippen molar-refractivity contribution in [2.75, 3.05) is 17.2 Å². The average Bonchev–Trinajstić information content (AvgIpc) is 3.34. The van der Waals surface area contributed by atoms with Crippen molar-refractivity contribution >= 4 is 45.7 Å². The molecule has 0 aliphatic heterocycles. The van der Waals surface area contributed by atoms with Gasteiger partial charge in [0.05, 0.1) is 17.8 Å². The van der Waals surface area contributed by atoms with Crippen LogP contribution in [0, 0.1) is 6.92 Å². The molecule has 0 unspecified atom stereocenters. The van der Waals surface area contributed by atoms with Crippen molar-refractivity contribution in [3.05, 3.63) is 114 Å². The van der Waals surface area contributed by atoms with Crippen LogP contribution in [0.5, 0.6) is 5.88 Å². The molecule has 0 aliphatic carbocycles. The second kappa shape index (κ2) is 12.0. The molecule has 3 heterocycles. The highest BCUT2D eigenvalue weighted by molar-refractivity contribution is 6.30. The molecule has 0 atom stereocenters. The summed E-state index contributed by atoms with van der Waals surface area (Å²) in [6, 6.07) is 24.6. The van der Waals surface area contributed by atoms with Gasteiger partial charge in [-0.1, -0.05) is 35.9 Å². The van der Waals surface area contributed by atoms with E-state index in [1.807, 2.05) is 98.4 Å². The Morgan fingerprint density at radius 1 is 0.977 bits per heavy atom. The van der Waals surface area contributed by atoms with Gasteiger partial charge in [0.15, 0.2) is 0 Å². The lowest BCUT2D eigenvalue weighted by Crippen LogP contribution is -2.12. The summed E-state index contributed by atoms with van der Waals surface area (Å²) in [5.74, 6) is 0.802. The number of amides is 1. The molecule has 3 aromatic carbocycles. The molecule has 6 rings (SSSR count). The first kappa shape index (κ1) is 27.9. The number of carbonyl (C=O) groups excluding carboxylic acids is 1. The normalized spacial score (nSPS) is 11.0. The molecular weight excluding hydrogens is 560 g/mol. The quantitative estimate of drug-likeness (QED) is 0.187. The summed E-state index contributed by atoms with van der Waals surface area (Å²) in [6.45, 7) is 4.47. The lowest BCUT2D eigenvalue weighted by molar-refractivity contribution is 0.102. The van der Waals surface area contributed by atoms with E-state index >= 15 is 0 Å². The van der Waals surface area contributed by atoms with Gasteiger partial charge >= 0.3 is 0 Å². The fraction of sp³-hybridized carbons (Fsp3) is 0.118. The Morgan fingerprint density at radius 3 is 2.65 bits per heavy atom. The summed E-state index contributed by atoms with van der Waals surface area (Å²) >= 11 is 6.16. The number of carbonyl (C=O) groups is 1. The van der Waals surface area contributed by atoms with Gasteiger partial charge in [-0.05, 0) is 67.9 Å². The van der Waals surface area contributed by atoms with Crippen LogP contribution in [-0.4, -0.2) is 32.0 Å². The first-order valence-corrected chi connectivity index (χ1v) is 14.2. The molecule has 0 fully saturated rings. The Balaban J connectivity index is 1.21. The second-order valence-electron chi connectivity index (χ2n) is 10.1. The van der Waals surface area contributed by atoms with E-state index in [4.69, 9.17) is 16.3 Å². The summed E-state index contributed by atoms with van der Waals surface area (Å²) < 4.78 is 7.52. The summed E-state index contributed by atoms with van der Waals surface area (Å²) in [7, 11) is 1.99. The molecule has 9 heteroatoms. The van der Waals surface area contributed by atoms with Gasteiger partial charge in [0.1, 0.15) is 0 Å². The first-order chi connectivity index (χ1) is 20.9. The van der Waals surface area contributed by atoms with Crippen LogP contribution in [0.2, 0.25) is 5.02 Å². The van der Waals surface area contributed by atoms with Crippen molar-refractivity contribution in [1.82, 2.24) is 19.5 Å². The van der Waals surface area contributed by atoms with Crippen LogP contribution in [0.1, 0.15) is 22.8 Å². The average molecular weight is 589 g/mol. The maximum Gasteiger partial charge on any atom is 0.255 e. The molecule has 6 aromatic rings. The molecule has 0 saturated carbocycles. The summed E-state index contributed by atoms with van der Waals surface area (Å²) in [5, 5.41) is 8.01. The van der Waals surface area contributed by atoms with Crippen LogP contribution >= 0.6 is 11.6 Å². The predicted molar refractivity (Wildman–Crippen MR) is 172 cm³/mol. The van der Waals surface area contributed by atoms with Gasteiger partial charge in [-0.15, -0.1) is 0 Å². The fourth-order valence-corrected chi connectivity index (χ4v) is 5.10. The van der Waals surface area contributed by atoms with Crippen molar-refractivity contribution in [1.29, 1.82) is 0 Å². The molecule has 0 saturated heterocycles. The van der Waals surface area contributed by atoms with Crippen LogP contribution in [-0.2, 0) is 7.05 Å². The molecule has 0 aliphatic rings. The Hall–Kier alpha value is -5.21. The minimum Gasteiger partial charge on any atom is -0.478 e. The van der Waals surface area contributed by atoms with E-state index in [1.54, 1.807) is 18.3 Å². The minimum absolute atomic E-state index is 0.221. The zero-order valence-corrected chi connectivity index (χ0v) is 24.7. The molecule has 2 N–H and O–H groups in total. The number of rotatable bonds is 8. The molecule has 214 valence electrons. The molecule has 3 aromatic heterocycles. The summed E-state index contributed by atoms with van der Waals surface area (Å²) in [6.07, 6.45) is 5.57. The number of anilines is 3. The number of nitrogens with one attached hydrogen (secondary N) is 2. The zero-order chi connectivity index (χ0) is 29.9. The number of fused-ring (bicyclic) bond motifs is 1. The van der Waals surface area contributed by atoms with Gasteiger partial charge in [-0.25, -0.2) is 15.0 Å². The smallest absolute Gasteiger partial charge is 0.255 e.